The van der Waals surface area contributed by atoms with Gasteiger partial charge in [0.2, 0.25) is 0 Å². The number of rotatable bonds is 1. The minimum Gasteiger partial charge on any atom is -0.389 e. The van der Waals surface area contributed by atoms with E-state index in [0.717, 1.165) is 24.8 Å². The van der Waals surface area contributed by atoms with Crippen molar-refractivity contribution in [1.29, 1.82) is 0 Å². The van der Waals surface area contributed by atoms with Crippen molar-refractivity contribution < 1.29 is 5.11 Å². The summed E-state index contributed by atoms with van der Waals surface area (Å²) in [4.78, 5) is 0. The molecule has 0 aliphatic heterocycles. The van der Waals surface area contributed by atoms with Crippen LogP contribution < -0.4 is 0 Å². The second-order valence-corrected chi connectivity index (χ2v) is 4.38. The average molecular weight is 202 g/mol. The molecular formula is C14H18O. The summed E-state index contributed by atoms with van der Waals surface area (Å²) in [5.74, 6) is 0. The highest BCUT2D eigenvalue weighted by atomic mass is 16.3. The van der Waals surface area contributed by atoms with Gasteiger partial charge in [0.25, 0.3) is 0 Å². The Kier molecular flexibility index (Phi) is 2.92. The van der Waals surface area contributed by atoms with Crippen LogP contribution in [0.25, 0.3) is 5.57 Å². The SMILES string of the molecule is CC1=C(c2ccccc2C)CCC[C@H]1O. The van der Waals surface area contributed by atoms with Gasteiger partial charge < -0.3 is 5.11 Å². The Morgan fingerprint density at radius 2 is 1.93 bits per heavy atom. The first-order valence-electron chi connectivity index (χ1n) is 5.64. The molecule has 1 aromatic rings. The Labute approximate surface area is 91.4 Å². The molecule has 80 valence electrons. The van der Waals surface area contributed by atoms with E-state index in [4.69, 9.17) is 0 Å². The Morgan fingerprint density at radius 1 is 1.20 bits per heavy atom. The standard InChI is InChI=1S/C14H18O/c1-10-6-3-4-7-12(10)13-8-5-9-14(15)11(13)2/h3-4,6-7,14-15H,5,8-9H2,1-2H3/t14-/m1/s1. The molecule has 0 heterocycles. The van der Waals surface area contributed by atoms with E-state index in [9.17, 15) is 5.11 Å². The zero-order valence-corrected chi connectivity index (χ0v) is 9.46. The number of hydrogen-bond acceptors (Lipinski definition) is 1. The van der Waals surface area contributed by atoms with Gasteiger partial charge in [-0.1, -0.05) is 24.3 Å². The molecule has 0 fully saturated rings. The molecule has 0 unspecified atom stereocenters. The molecule has 1 heteroatoms. The largest absolute Gasteiger partial charge is 0.389 e. The summed E-state index contributed by atoms with van der Waals surface area (Å²) in [5.41, 5.74) is 5.14. The van der Waals surface area contributed by atoms with E-state index in [0.29, 0.717) is 0 Å². The third-order valence-electron chi connectivity index (χ3n) is 3.35. The molecule has 1 N–H and O–H groups in total. The van der Waals surface area contributed by atoms with Gasteiger partial charge in [-0.3, -0.25) is 0 Å². The lowest BCUT2D eigenvalue weighted by Crippen LogP contribution is -2.15. The molecule has 1 nitrogen and oxygen atoms in total. The van der Waals surface area contributed by atoms with E-state index in [1.54, 1.807) is 0 Å². The lowest BCUT2D eigenvalue weighted by molar-refractivity contribution is 0.193. The van der Waals surface area contributed by atoms with Crippen molar-refractivity contribution in [3.8, 4) is 0 Å². The van der Waals surface area contributed by atoms with Crippen LogP contribution in [-0.4, -0.2) is 11.2 Å². The molecule has 1 atom stereocenters. The molecule has 0 aromatic heterocycles. The van der Waals surface area contributed by atoms with Crippen molar-refractivity contribution in [2.24, 2.45) is 0 Å². The number of hydrogen-bond donors (Lipinski definition) is 1. The van der Waals surface area contributed by atoms with Crippen LogP contribution >= 0.6 is 0 Å². The van der Waals surface area contributed by atoms with E-state index in [-0.39, 0.29) is 6.10 Å². The molecule has 1 aliphatic carbocycles. The molecule has 1 aliphatic rings. The first-order chi connectivity index (χ1) is 7.20. The summed E-state index contributed by atoms with van der Waals surface area (Å²) in [6.45, 7) is 4.20. The first-order valence-corrected chi connectivity index (χ1v) is 5.64. The summed E-state index contributed by atoms with van der Waals surface area (Å²) >= 11 is 0. The monoisotopic (exact) mass is 202 g/mol. The van der Waals surface area contributed by atoms with Gasteiger partial charge in [0.15, 0.2) is 0 Å². The van der Waals surface area contributed by atoms with Crippen molar-refractivity contribution in [3.05, 3.63) is 41.0 Å². The van der Waals surface area contributed by atoms with Crippen LogP contribution in [0.1, 0.15) is 37.3 Å². The maximum atomic E-state index is 9.84. The van der Waals surface area contributed by atoms with Crippen molar-refractivity contribution in [3.63, 3.8) is 0 Å². The van der Waals surface area contributed by atoms with Crippen LogP contribution in [0.3, 0.4) is 0 Å². The molecule has 0 radical (unpaired) electrons. The fourth-order valence-electron chi connectivity index (χ4n) is 2.35. The van der Waals surface area contributed by atoms with Crippen LogP contribution in [-0.2, 0) is 0 Å². The summed E-state index contributed by atoms with van der Waals surface area (Å²) in [6.07, 6.45) is 2.89. The van der Waals surface area contributed by atoms with E-state index in [2.05, 4.69) is 38.1 Å². The number of benzene rings is 1. The minimum atomic E-state index is -0.228. The van der Waals surface area contributed by atoms with E-state index >= 15 is 0 Å². The topological polar surface area (TPSA) is 20.2 Å². The summed E-state index contributed by atoms with van der Waals surface area (Å²) < 4.78 is 0. The van der Waals surface area contributed by atoms with Crippen LogP contribution in [0.4, 0.5) is 0 Å². The number of aliphatic hydroxyl groups excluding tert-OH is 1. The van der Waals surface area contributed by atoms with E-state index in [1.165, 1.54) is 16.7 Å². The maximum absolute atomic E-state index is 9.84. The summed E-state index contributed by atoms with van der Waals surface area (Å²) in [5, 5.41) is 9.84. The fourth-order valence-corrected chi connectivity index (χ4v) is 2.35. The van der Waals surface area contributed by atoms with Crippen LogP contribution in [0.5, 0.6) is 0 Å². The first kappa shape index (κ1) is 10.4. The van der Waals surface area contributed by atoms with Gasteiger partial charge in [-0.2, -0.15) is 0 Å². The predicted octanol–water partition coefficient (Wildman–Crippen LogP) is 3.31. The average Bonchev–Trinajstić information content (AvgIpc) is 2.23. The fraction of sp³-hybridized carbons (Fsp3) is 0.429. The molecular weight excluding hydrogens is 184 g/mol. The van der Waals surface area contributed by atoms with Crippen LogP contribution in [0.15, 0.2) is 29.8 Å². The summed E-state index contributed by atoms with van der Waals surface area (Å²) in [7, 11) is 0. The Bertz CT molecular complexity index is 390. The molecule has 0 bridgehead atoms. The molecule has 0 saturated heterocycles. The van der Waals surface area contributed by atoms with E-state index < -0.39 is 0 Å². The van der Waals surface area contributed by atoms with Crippen molar-refractivity contribution in [1.82, 2.24) is 0 Å². The van der Waals surface area contributed by atoms with Gasteiger partial charge in [0.05, 0.1) is 6.10 Å². The van der Waals surface area contributed by atoms with Crippen molar-refractivity contribution in [2.45, 2.75) is 39.2 Å². The van der Waals surface area contributed by atoms with E-state index in [1.807, 2.05) is 0 Å². The van der Waals surface area contributed by atoms with Gasteiger partial charge in [-0.05, 0) is 55.4 Å². The van der Waals surface area contributed by atoms with Crippen LogP contribution in [0.2, 0.25) is 0 Å². The Morgan fingerprint density at radius 3 is 2.67 bits per heavy atom. The van der Waals surface area contributed by atoms with Gasteiger partial charge in [0, 0.05) is 0 Å². The van der Waals surface area contributed by atoms with Crippen molar-refractivity contribution >= 4 is 5.57 Å². The zero-order chi connectivity index (χ0) is 10.8. The number of aliphatic hydroxyl groups is 1. The van der Waals surface area contributed by atoms with Crippen molar-refractivity contribution in [2.75, 3.05) is 0 Å². The summed E-state index contributed by atoms with van der Waals surface area (Å²) in [6, 6.07) is 8.43. The van der Waals surface area contributed by atoms with Crippen LogP contribution in [0, 0.1) is 6.92 Å². The molecule has 0 saturated carbocycles. The number of aryl methyl sites for hydroxylation is 1. The number of allylic oxidation sites excluding steroid dienone is 1. The second-order valence-electron chi connectivity index (χ2n) is 4.38. The third kappa shape index (κ3) is 1.98. The minimum absolute atomic E-state index is 0.228. The lowest BCUT2D eigenvalue weighted by Gasteiger charge is -2.24. The molecule has 0 amide bonds. The van der Waals surface area contributed by atoms with Gasteiger partial charge in [0.1, 0.15) is 0 Å². The molecule has 2 rings (SSSR count). The normalized spacial score (nSPS) is 21.9. The van der Waals surface area contributed by atoms with Gasteiger partial charge in [-0.15, -0.1) is 0 Å². The predicted molar refractivity (Wildman–Crippen MR) is 63.6 cm³/mol. The smallest absolute Gasteiger partial charge is 0.0753 e. The zero-order valence-electron chi connectivity index (χ0n) is 9.46. The lowest BCUT2D eigenvalue weighted by atomic mass is 9.85. The maximum Gasteiger partial charge on any atom is 0.0753 e. The Balaban J connectivity index is 2.46. The van der Waals surface area contributed by atoms with Gasteiger partial charge in [-0.25, -0.2) is 0 Å². The highest BCUT2D eigenvalue weighted by Gasteiger charge is 2.19. The quantitative estimate of drug-likeness (QED) is 0.740. The third-order valence-corrected chi connectivity index (χ3v) is 3.35. The molecule has 0 spiro atoms. The Hall–Kier alpha value is -1.08. The highest BCUT2D eigenvalue weighted by Crippen LogP contribution is 2.33. The highest BCUT2D eigenvalue weighted by molar-refractivity contribution is 5.72. The second kappa shape index (κ2) is 4.19. The molecule has 15 heavy (non-hydrogen) atoms. The molecule has 1 aromatic carbocycles. The van der Waals surface area contributed by atoms with Gasteiger partial charge >= 0.3 is 0 Å².